The van der Waals surface area contributed by atoms with Gasteiger partial charge in [-0.15, -0.1) is 24.8 Å². The molecular formula is C34H42Cl2F2N6O8. The van der Waals surface area contributed by atoms with Crippen LogP contribution in [0.4, 0.5) is 20.2 Å². The maximum absolute atomic E-state index is 14.6. The molecule has 0 amide bonds. The molecule has 4 heterocycles. The number of benzene rings is 2. The number of piperazine rings is 2. The molecule has 4 aliphatic rings. The SMILES string of the molecule is Cl.Cl.O.O.O=C(O)c1cn(C2CC2)c2cc(N3CCNCC3)c(F)cc2c1=O.O=C(O)c1cn(C2CC2)c2cc(N3CCNCC3)c(F)cc2c1=O. The molecule has 0 bridgehead atoms. The molecule has 2 aromatic heterocycles. The van der Waals surface area contributed by atoms with Crippen LogP contribution in [0.2, 0.25) is 0 Å². The lowest BCUT2D eigenvalue weighted by Crippen LogP contribution is -2.43. The van der Waals surface area contributed by atoms with Crippen LogP contribution in [0.3, 0.4) is 0 Å². The van der Waals surface area contributed by atoms with Crippen LogP contribution < -0.4 is 31.3 Å². The number of anilines is 2. The van der Waals surface area contributed by atoms with Gasteiger partial charge in [-0.1, -0.05) is 0 Å². The van der Waals surface area contributed by atoms with Crippen LogP contribution in [0.1, 0.15) is 58.5 Å². The second-order valence-electron chi connectivity index (χ2n) is 12.7. The Hall–Kier alpha value is -4.32. The molecule has 2 saturated heterocycles. The van der Waals surface area contributed by atoms with Gasteiger partial charge in [0.15, 0.2) is 0 Å². The predicted molar refractivity (Wildman–Crippen MR) is 199 cm³/mol. The first-order chi connectivity index (χ1) is 23.1. The molecule has 2 aliphatic carbocycles. The minimum atomic E-state index is -1.28. The molecule has 4 fully saturated rings. The van der Waals surface area contributed by atoms with Crippen LogP contribution >= 0.6 is 24.8 Å². The molecule has 8 N–H and O–H groups in total. The second kappa shape index (κ2) is 17.0. The third kappa shape index (κ3) is 8.17. The smallest absolute Gasteiger partial charge is 0.341 e. The molecule has 2 aromatic carbocycles. The molecule has 14 nitrogen and oxygen atoms in total. The highest BCUT2D eigenvalue weighted by Gasteiger charge is 2.29. The summed E-state index contributed by atoms with van der Waals surface area (Å²) < 4.78 is 32.9. The summed E-state index contributed by atoms with van der Waals surface area (Å²) in [6.07, 6.45) is 6.58. The number of pyridine rings is 2. The van der Waals surface area contributed by atoms with Gasteiger partial charge in [-0.25, -0.2) is 18.4 Å². The van der Waals surface area contributed by atoms with E-state index in [9.17, 15) is 38.2 Å². The average Bonchev–Trinajstić information content (AvgIpc) is 4.01. The summed E-state index contributed by atoms with van der Waals surface area (Å²) >= 11 is 0. The maximum atomic E-state index is 14.6. The number of halogens is 4. The molecule has 0 spiro atoms. The van der Waals surface area contributed by atoms with Crippen LogP contribution in [0.5, 0.6) is 0 Å². The Morgan fingerprint density at radius 3 is 1.23 bits per heavy atom. The van der Waals surface area contributed by atoms with Gasteiger partial charge in [0, 0.05) is 87.6 Å². The molecule has 0 atom stereocenters. The van der Waals surface area contributed by atoms with E-state index in [1.165, 1.54) is 24.5 Å². The van der Waals surface area contributed by atoms with Crippen molar-refractivity contribution in [2.45, 2.75) is 37.8 Å². The van der Waals surface area contributed by atoms with E-state index in [0.29, 0.717) is 48.6 Å². The highest BCUT2D eigenvalue weighted by Crippen LogP contribution is 2.39. The van der Waals surface area contributed by atoms with Crippen molar-refractivity contribution in [1.29, 1.82) is 0 Å². The molecule has 284 valence electrons. The molecule has 0 radical (unpaired) electrons. The Labute approximate surface area is 308 Å². The van der Waals surface area contributed by atoms with Gasteiger partial charge in [0.05, 0.1) is 22.4 Å². The largest absolute Gasteiger partial charge is 0.477 e. The van der Waals surface area contributed by atoms with Gasteiger partial charge in [-0.3, -0.25) is 9.59 Å². The van der Waals surface area contributed by atoms with E-state index in [-0.39, 0.29) is 69.7 Å². The van der Waals surface area contributed by atoms with Gasteiger partial charge in [-0.2, -0.15) is 0 Å². The highest BCUT2D eigenvalue weighted by molar-refractivity contribution is 5.94. The zero-order valence-electron chi connectivity index (χ0n) is 28.0. The summed E-state index contributed by atoms with van der Waals surface area (Å²) in [5, 5.41) is 25.2. The Bertz CT molecular complexity index is 1930. The zero-order valence-corrected chi connectivity index (χ0v) is 29.6. The van der Waals surface area contributed by atoms with Crippen molar-refractivity contribution in [3.63, 3.8) is 0 Å². The van der Waals surface area contributed by atoms with Gasteiger partial charge in [-0.05, 0) is 49.9 Å². The van der Waals surface area contributed by atoms with E-state index in [1.54, 1.807) is 12.1 Å². The Morgan fingerprint density at radius 1 is 0.615 bits per heavy atom. The predicted octanol–water partition coefficient (Wildman–Crippen LogP) is 2.36. The standard InChI is InChI=1S/2C17H18FN3O3.2ClH.2H2O/c2*18-13-7-11-14(8-15(13)20-5-3-19-4-6-20)21(10-1-2-10)9-12(16(11)22)17(23)24;;;;/h2*7-10,19H,1-6H2,(H,23,24);2*1H;2*1H2. The summed E-state index contributed by atoms with van der Waals surface area (Å²) in [5.41, 5.74) is 0.319. The van der Waals surface area contributed by atoms with E-state index in [4.69, 9.17) is 0 Å². The fourth-order valence-electron chi connectivity index (χ4n) is 6.63. The summed E-state index contributed by atoms with van der Waals surface area (Å²) in [6.45, 7) is 5.92. The van der Waals surface area contributed by atoms with Crippen molar-refractivity contribution >= 4 is 69.9 Å². The molecule has 52 heavy (non-hydrogen) atoms. The van der Waals surface area contributed by atoms with E-state index in [2.05, 4.69) is 10.6 Å². The van der Waals surface area contributed by atoms with Gasteiger partial charge < -0.3 is 50.7 Å². The first kappa shape index (κ1) is 42.1. The van der Waals surface area contributed by atoms with Crippen molar-refractivity contribution in [2.75, 3.05) is 62.2 Å². The molecule has 0 unspecified atom stereocenters. The number of nitrogens with zero attached hydrogens (tertiary/aromatic N) is 4. The summed E-state index contributed by atoms with van der Waals surface area (Å²) in [4.78, 5) is 51.4. The zero-order chi connectivity index (χ0) is 33.7. The van der Waals surface area contributed by atoms with Gasteiger partial charge in [0.1, 0.15) is 22.8 Å². The van der Waals surface area contributed by atoms with Crippen molar-refractivity contribution < 1.29 is 39.5 Å². The molecule has 2 saturated carbocycles. The average molecular weight is 772 g/mol. The minimum Gasteiger partial charge on any atom is -0.477 e. The second-order valence-corrected chi connectivity index (χ2v) is 12.7. The topological polar surface area (TPSA) is 212 Å². The first-order valence-corrected chi connectivity index (χ1v) is 16.3. The van der Waals surface area contributed by atoms with Crippen LogP contribution in [-0.4, -0.2) is 94.6 Å². The number of aromatic nitrogens is 2. The van der Waals surface area contributed by atoms with Crippen LogP contribution in [0.15, 0.2) is 46.2 Å². The van der Waals surface area contributed by atoms with E-state index in [0.717, 1.165) is 51.9 Å². The normalized spacial score (nSPS) is 16.7. The van der Waals surface area contributed by atoms with Gasteiger partial charge in [0.2, 0.25) is 10.9 Å². The van der Waals surface area contributed by atoms with Crippen molar-refractivity contribution in [1.82, 2.24) is 19.8 Å². The molecule has 2 aliphatic heterocycles. The van der Waals surface area contributed by atoms with Crippen LogP contribution in [-0.2, 0) is 0 Å². The fourth-order valence-corrected chi connectivity index (χ4v) is 6.63. The number of carboxylic acid groups (broad SMARTS) is 2. The van der Waals surface area contributed by atoms with Gasteiger partial charge >= 0.3 is 11.9 Å². The Morgan fingerprint density at radius 2 is 0.942 bits per heavy atom. The Balaban J connectivity index is 0.000000260. The third-order valence-corrected chi connectivity index (χ3v) is 9.46. The number of carboxylic acids is 2. The summed E-state index contributed by atoms with van der Waals surface area (Å²) in [6, 6.07) is 6.16. The molecule has 18 heteroatoms. The third-order valence-electron chi connectivity index (χ3n) is 9.46. The highest BCUT2D eigenvalue weighted by atomic mass is 35.5. The molecule has 4 aromatic rings. The lowest BCUT2D eigenvalue weighted by atomic mass is 10.1. The number of rotatable bonds is 6. The van der Waals surface area contributed by atoms with Crippen molar-refractivity contribution in [3.8, 4) is 0 Å². The van der Waals surface area contributed by atoms with Crippen molar-refractivity contribution in [2.24, 2.45) is 0 Å². The lowest BCUT2D eigenvalue weighted by molar-refractivity contribution is 0.0684. The molecule has 8 rings (SSSR count). The van der Waals surface area contributed by atoms with Crippen LogP contribution in [0, 0.1) is 11.6 Å². The summed E-state index contributed by atoms with van der Waals surface area (Å²) in [7, 11) is 0. The minimum absolute atomic E-state index is 0. The maximum Gasteiger partial charge on any atom is 0.341 e. The van der Waals surface area contributed by atoms with E-state index in [1.807, 2.05) is 18.9 Å². The first-order valence-electron chi connectivity index (χ1n) is 16.3. The van der Waals surface area contributed by atoms with Gasteiger partial charge in [0.25, 0.3) is 0 Å². The number of hydrogen-bond acceptors (Lipinski definition) is 8. The number of aromatic carboxylic acids is 2. The number of fused-ring (bicyclic) bond motifs is 2. The number of hydrogen-bond donors (Lipinski definition) is 4. The van der Waals surface area contributed by atoms with Crippen molar-refractivity contribution in [3.05, 3.63) is 79.9 Å². The summed E-state index contributed by atoms with van der Waals surface area (Å²) in [5.74, 6) is -3.51. The number of nitrogens with one attached hydrogen (secondary N) is 2. The fraction of sp³-hybridized carbons (Fsp3) is 0.412. The van der Waals surface area contributed by atoms with Crippen LogP contribution in [0.25, 0.3) is 21.8 Å². The van der Waals surface area contributed by atoms with E-state index >= 15 is 0 Å². The number of carbonyl (C=O) groups is 2. The Kier molecular flexibility index (Phi) is 13.8. The quantitative estimate of drug-likeness (QED) is 0.225. The molecular weight excluding hydrogens is 729 g/mol. The monoisotopic (exact) mass is 770 g/mol. The van der Waals surface area contributed by atoms with E-state index < -0.39 is 34.4 Å². The lowest BCUT2D eigenvalue weighted by Gasteiger charge is -2.30.